The lowest BCUT2D eigenvalue weighted by molar-refractivity contribution is -0.137. The fraction of sp³-hybridized carbons (Fsp3) is 0.800. The van der Waals surface area contributed by atoms with E-state index in [4.69, 9.17) is 10.8 Å². The minimum Gasteiger partial charge on any atom is -0.481 e. The number of nitrogens with one attached hydrogen (secondary N) is 1. The lowest BCUT2D eigenvalue weighted by Crippen LogP contribution is -2.45. The van der Waals surface area contributed by atoms with E-state index in [2.05, 4.69) is 5.32 Å². The van der Waals surface area contributed by atoms with E-state index in [0.29, 0.717) is 12.3 Å². The SMILES string of the molecule is CC(C)CC(N)C(=O)NC(C)CC(=O)O. The van der Waals surface area contributed by atoms with E-state index in [-0.39, 0.29) is 18.4 Å². The van der Waals surface area contributed by atoms with Crippen LogP contribution in [0.5, 0.6) is 0 Å². The second-order valence-corrected chi connectivity index (χ2v) is 4.24. The smallest absolute Gasteiger partial charge is 0.305 e. The van der Waals surface area contributed by atoms with Crippen molar-refractivity contribution in [2.75, 3.05) is 0 Å². The Morgan fingerprint density at radius 1 is 1.33 bits per heavy atom. The lowest BCUT2D eigenvalue weighted by Gasteiger charge is -2.17. The fourth-order valence-electron chi connectivity index (χ4n) is 1.28. The third-order valence-corrected chi connectivity index (χ3v) is 1.93. The van der Waals surface area contributed by atoms with Gasteiger partial charge in [-0.05, 0) is 19.3 Å². The van der Waals surface area contributed by atoms with Crippen LogP contribution in [-0.4, -0.2) is 29.1 Å². The van der Waals surface area contributed by atoms with Gasteiger partial charge in [-0.1, -0.05) is 13.8 Å². The zero-order valence-corrected chi connectivity index (χ0v) is 9.49. The lowest BCUT2D eigenvalue weighted by atomic mass is 10.0. The molecule has 5 nitrogen and oxygen atoms in total. The molecule has 0 aliphatic rings. The number of carbonyl (C=O) groups is 2. The van der Waals surface area contributed by atoms with Crippen molar-refractivity contribution in [3.8, 4) is 0 Å². The number of nitrogens with two attached hydrogens (primary N) is 1. The highest BCUT2D eigenvalue weighted by Crippen LogP contribution is 2.03. The quantitative estimate of drug-likeness (QED) is 0.597. The van der Waals surface area contributed by atoms with Gasteiger partial charge in [-0.25, -0.2) is 0 Å². The normalized spacial score (nSPS) is 14.7. The average Bonchev–Trinajstić information content (AvgIpc) is 2.00. The van der Waals surface area contributed by atoms with Crippen LogP contribution in [0.15, 0.2) is 0 Å². The van der Waals surface area contributed by atoms with E-state index in [1.807, 2.05) is 13.8 Å². The minimum absolute atomic E-state index is 0.0832. The van der Waals surface area contributed by atoms with E-state index in [1.54, 1.807) is 6.92 Å². The van der Waals surface area contributed by atoms with Crippen molar-refractivity contribution in [3.05, 3.63) is 0 Å². The molecule has 0 rings (SSSR count). The molecule has 15 heavy (non-hydrogen) atoms. The van der Waals surface area contributed by atoms with Gasteiger partial charge >= 0.3 is 5.97 Å². The van der Waals surface area contributed by atoms with Crippen LogP contribution in [0.25, 0.3) is 0 Å². The molecule has 0 aromatic carbocycles. The number of hydrogen-bond acceptors (Lipinski definition) is 3. The molecule has 1 amide bonds. The van der Waals surface area contributed by atoms with Gasteiger partial charge in [0, 0.05) is 6.04 Å². The molecule has 4 N–H and O–H groups in total. The van der Waals surface area contributed by atoms with E-state index in [9.17, 15) is 9.59 Å². The molecule has 0 fully saturated rings. The average molecular weight is 216 g/mol. The first kappa shape index (κ1) is 13.9. The molecule has 88 valence electrons. The first-order chi connectivity index (χ1) is 6.82. The van der Waals surface area contributed by atoms with Crippen LogP contribution in [0.2, 0.25) is 0 Å². The highest BCUT2D eigenvalue weighted by Gasteiger charge is 2.17. The summed E-state index contributed by atoms with van der Waals surface area (Å²) in [5, 5.41) is 11.1. The number of carboxylic acid groups (broad SMARTS) is 1. The third kappa shape index (κ3) is 6.90. The largest absolute Gasteiger partial charge is 0.481 e. The third-order valence-electron chi connectivity index (χ3n) is 1.93. The Morgan fingerprint density at radius 2 is 1.87 bits per heavy atom. The predicted octanol–water partition coefficient (Wildman–Crippen LogP) is 0.339. The number of rotatable bonds is 6. The Balaban J connectivity index is 3.95. The van der Waals surface area contributed by atoms with Crippen molar-refractivity contribution in [1.82, 2.24) is 5.32 Å². The van der Waals surface area contributed by atoms with Gasteiger partial charge < -0.3 is 16.2 Å². The zero-order valence-electron chi connectivity index (χ0n) is 9.49. The molecule has 0 aliphatic carbocycles. The number of aliphatic carboxylic acids is 1. The first-order valence-corrected chi connectivity index (χ1v) is 5.10. The molecule has 0 spiro atoms. The van der Waals surface area contributed by atoms with Crippen LogP contribution in [0, 0.1) is 5.92 Å². The molecule has 0 bridgehead atoms. The standard InChI is InChI=1S/C10H20N2O3/c1-6(2)4-8(11)10(15)12-7(3)5-9(13)14/h6-8H,4-5,11H2,1-3H3,(H,12,15)(H,13,14). The Labute approximate surface area is 90.0 Å². The van der Waals surface area contributed by atoms with Crippen LogP contribution >= 0.6 is 0 Å². The van der Waals surface area contributed by atoms with Crippen molar-refractivity contribution in [2.45, 2.75) is 45.7 Å². The van der Waals surface area contributed by atoms with Crippen LogP contribution in [0.1, 0.15) is 33.6 Å². The van der Waals surface area contributed by atoms with Crippen LogP contribution in [0.3, 0.4) is 0 Å². The van der Waals surface area contributed by atoms with Crippen molar-refractivity contribution in [3.63, 3.8) is 0 Å². The van der Waals surface area contributed by atoms with Gasteiger partial charge in [-0.15, -0.1) is 0 Å². The molecule has 2 atom stereocenters. The second-order valence-electron chi connectivity index (χ2n) is 4.24. The topological polar surface area (TPSA) is 92.4 Å². The molecule has 0 aliphatic heterocycles. The molecule has 0 aromatic rings. The predicted molar refractivity (Wildman–Crippen MR) is 57.3 cm³/mol. The summed E-state index contributed by atoms with van der Waals surface area (Å²) in [6.45, 7) is 5.61. The maximum absolute atomic E-state index is 11.4. The van der Waals surface area contributed by atoms with Gasteiger partial charge in [0.2, 0.25) is 5.91 Å². The van der Waals surface area contributed by atoms with Gasteiger partial charge in [-0.3, -0.25) is 9.59 Å². The highest BCUT2D eigenvalue weighted by molar-refractivity contribution is 5.82. The molecule has 0 heterocycles. The van der Waals surface area contributed by atoms with Crippen molar-refractivity contribution in [1.29, 1.82) is 0 Å². The minimum atomic E-state index is -0.930. The zero-order chi connectivity index (χ0) is 12.0. The van der Waals surface area contributed by atoms with Crippen molar-refractivity contribution < 1.29 is 14.7 Å². The number of carboxylic acids is 1. The summed E-state index contributed by atoms with van der Waals surface area (Å²) in [5.74, 6) is -0.863. The van der Waals surface area contributed by atoms with Gasteiger partial charge in [0.1, 0.15) is 0 Å². The summed E-state index contributed by atoms with van der Waals surface area (Å²) in [6.07, 6.45) is 0.520. The van der Waals surface area contributed by atoms with Crippen LogP contribution in [-0.2, 0) is 9.59 Å². The van der Waals surface area contributed by atoms with E-state index < -0.39 is 12.0 Å². The summed E-state index contributed by atoms with van der Waals surface area (Å²) in [4.78, 5) is 21.8. The Hall–Kier alpha value is -1.10. The summed E-state index contributed by atoms with van der Waals surface area (Å²) in [6, 6.07) is -0.936. The van der Waals surface area contributed by atoms with Crippen molar-refractivity contribution >= 4 is 11.9 Å². The molecular weight excluding hydrogens is 196 g/mol. The summed E-state index contributed by atoms with van der Waals surface area (Å²) in [5.41, 5.74) is 5.64. The molecule has 2 unspecified atom stereocenters. The summed E-state index contributed by atoms with van der Waals surface area (Å²) < 4.78 is 0. The summed E-state index contributed by atoms with van der Waals surface area (Å²) >= 11 is 0. The van der Waals surface area contributed by atoms with E-state index >= 15 is 0 Å². The molecule has 0 aromatic heterocycles. The number of hydrogen-bond donors (Lipinski definition) is 3. The Bertz CT molecular complexity index is 229. The number of carbonyl (C=O) groups excluding carboxylic acids is 1. The number of amides is 1. The highest BCUT2D eigenvalue weighted by atomic mass is 16.4. The maximum atomic E-state index is 11.4. The molecule has 0 saturated heterocycles. The second kappa shape index (κ2) is 6.40. The summed E-state index contributed by atoms with van der Waals surface area (Å²) in [7, 11) is 0. The van der Waals surface area contributed by atoms with Crippen LogP contribution in [0.4, 0.5) is 0 Å². The first-order valence-electron chi connectivity index (χ1n) is 5.10. The van der Waals surface area contributed by atoms with Crippen molar-refractivity contribution in [2.24, 2.45) is 11.7 Å². The molecule has 0 radical (unpaired) electrons. The Kier molecular flexibility index (Phi) is 5.93. The molecule has 5 heteroatoms. The fourth-order valence-corrected chi connectivity index (χ4v) is 1.28. The maximum Gasteiger partial charge on any atom is 0.305 e. The molecular formula is C10H20N2O3. The van der Waals surface area contributed by atoms with Gasteiger partial charge in [-0.2, -0.15) is 0 Å². The van der Waals surface area contributed by atoms with E-state index in [1.165, 1.54) is 0 Å². The van der Waals surface area contributed by atoms with Gasteiger partial charge in [0.15, 0.2) is 0 Å². The van der Waals surface area contributed by atoms with Gasteiger partial charge in [0.05, 0.1) is 12.5 Å². The Morgan fingerprint density at radius 3 is 2.27 bits per heavy atom. The van der Waals surface area contributed by atoms with Crippen LogP contribution < -0.4 is 11.1 Å². The molecule has 0 saturated carbocycles. The van der Waals surface area contributed by atoms with E-state index in [0.717, 1.165) is 0 Å². The monoisotopic (exact) mass is 216 g/mol. The van der Waals surface area contributed by atoms with Gasteiger partial charge in [0.25, 0.3) is 0 Å².